The van der Waals surface area contributed by atoms with Crippen LogP contribution in [0, 0.1) is 11.8 Å². The van der Waals surface area contributed by atoms with Crippen LogP contribution in [0.25, 0.3) is 0 Å². The third-order valence-electron chi connectivity index (χ3n) is 4.97. The summed E-state index contributed by atoms with van der Waals surface area (Å²) in [5.41, 5.74) is 0. The van der Waals surface area contributed by atoms with Gasteiger partial charge >= 0.3 is 0 Å². The molecule has 1 unspecified atom stereocenters. The van der Waals surface area contributed by atoms with E-state index >= 15 is 0 Å². The van der Waals surface area contributed by atoms with Crippen LogP contribution in [-0.4, -0.2) is 37.6 Å². The predicted octanol–water partition coefficient (Wildman–Crippen LogP) is 3.31. The maximum atomic E-state index is 3.53. The number of hydrogen-bond acceptors (Lipinski definition) is 2. The summed E-state index contributed by atoms with van der Waals surface area (Å²) < 4.78 is 0. The van der Waals surface area contributed by atoms with E-state index in [1.165, 1.54) is 64.6 Å². The van der Waals surface area contributed by atoms with Crippen LogP contribution in [-0.2, 0) is 0 Å². The highest BCUT2D eigenvalue weighted by molar-refractivity contribution is 5.85. The van der Waals surface area contributed by atoms with Gasteiger partial charge < -0.3 is 10.2 Å². The lowest BCUT2D eigenvalue weighted by molar-refractivity contribution is 0.131. The monoisotopic (exact) mass is 274 g/mol. The van der Waals surface area contributed by atoms with Crippen molar-refractivity contribution in [2.45, 2.75) is 57.9 Å². The second-order valence-electron chi connectivity index (χ2n) is 6.29. The van der Waals surface area contributed by atoms with E-state index in [-0.39, 0.29) is 12.4 Å². The van der Waals surface area contributed by atoms with Gasteiger partial charge in [0.1, 0.15) is 0 Å². The second-order valence-corrected chi connectivity index (χ2v) is 6.29. The molecular formula is C15H31ClN2. The quantitative estimate of drug-likeness (QED) is 0.846. The average Bonchev–Trinajstić information content (AvgIpc) is 2.40. The molecule has 0 bridgehead atoms. The van der Waals surface area contributed by atoms with Gasteiger partial charge in [-0.05, 0) is 64.6 Å². The van der Waals surface area contributed by atoms with Crippen LogP contribution in [0.3, 0.4) is 0 Å². The maximum absolute atomic E-state index is 3.53. The van der Waals surface area contributed by atoms with E-state index in [4.69, 9.17) is 0 Å². The van der Waals surface area contributed by atoms with Crippen molar-refractivity contribution < 1.29 is 0 Å². The van der Waals surface area contributed by atoms with Crippen LogP contribution in [0.5, 0.6) is 0 Å². The van der Waals surface area contributed by atoms with Gasteiger partial charge in [0.2, 0.25) is 0 Å². The fraction of sp³-hybridized carbons (Fsp3) is 1.00. The fourth-order valence-corrected chi connectivity index (χ4v) is 3.63. The molecule has 1 heterocycles. The van der Waals surface area contributed by atoms with Crippen LogP contribution in [0.2, 0.25) is 0 Å². The van der Waals surface area contributed by atoms with Gasteiger partial charge in [-0.15, -0.1) is 12.4 Å². The molecule has 0 spiro atoms. The van der Waals surface area contributed by atoms with Gasteiger partial charge in [-0.1, -0.05) is 19.3 Å². The minimum absolute atomic E-state index is 0. The minimum Gasteiger partial charge on any atom is -0.316 e. The van der Waals surface area contributed by atoms with Crippen LogP contribution in [0.4, 0.5) is 0 Å². The molecule has 0 radical (unpaired) electrons. The third kappa shape index (κ3) is 4.71. The van der Waals surface area contributed by atoms with E-state index in [1.54, 1.807) is 0 Å². The molecule has 2 nitrogen and oxygen atoms in total. The summed E-state index contributed by atoms with van der Waals surface area (Å²) in [5, 5.41) is 3.53. The summed E-state index contributed by atoms with van der Waals surface area (Å²) in [6.45, 7) is 6.22. The average molecular weight is 275 g/mol. The number of nitrogens with zero attached hydrogens (tertiary/aromatic N) is 1. The molecule has 2 fully saturated rings. The van der Waals surface area contributed by atoms with E-state index < -0.39 is 0 Å². The van der Waals surface area contributed by atoms with Crippen LogP contribution < -0.4 is 5.32 Å². The molecule has 0 aromatic carbocycles. The molecule has 2 aliphatic rings. The first-order valence-electron chi connectivity index (χ1n) is 7.68. The lowest BCUT2D eigenvalue weighted by Crippen LogP contribution is -2.43. The molecule has 0 aromatic rings. The normalized spacial score (nSPS) is 27.8. The fourth-order valence-electron chi connectivity index (χ4n) is 3.63. The third-order valence-corrected chi connectivity index (χ3v) is 4.97. The first-order valence-corrected chi connectivity index (χ1v) is 7.68. The Bertz CT molecular complexity index is 211. The molecule has 108 valence electrons. The van der Waals surface area contributed by atoms with Gasteiger partial charge in [0.25, 0.3) is 0 Å². The number of hydrogen-bond donors (Lipinski definition) is 1. The molecule has 1 saturated heterocycles. The molecule has 0 aromatic heterocycles. The minimum atomic E-state index is 0. The Kier molecular flexibility index (Phi) is 7.59. The summed E-state index contributed by atoms with van der Waals surface area (Å²) in [5.74, 6) is 1.85. The van der Waals surface area contributed by atoms with Crippen LogP contribution in [0.15, 0.2) is 0 Å². The van der Waals surface area contributed by atoms with E-state index in [1.807, 2.05) is 0 Å². The van der Waals surface area contributed by atoms with Gasteiger partial charge in [-0.3, -0.25) is 0 Å². The highest BCUT2D eigenvalue weighted by Crippen LogP contribution is 2.29. The number of rotatable bonds is 4. The molecule has 0 amide bonds. The molecular weight excluding hydrogens is 244 g/mol. The van der Waals surface area contributed by atoms with Crippen LogP contribution in [0.1, 0.15) is 51.9 Å². The predicted molar refractivity (Wildman–Crippen MR) is 81.5 cm³/mol. The van der Waals surface area contributed by atoms with E-state index in [0.29, 0.717) is 0 Å². The summed E-state index contributed by atoms with van der Waals surface area (Å²) >= 11 is 0. The second kappa shape index (κ2) is 8.39. The SMILES string of the molecule is C[C@@H](C1CCCCC1)N(C)CC1CCCNC1.Cl. The standard InChI is InChI=1S/C15H30N2.ClH/c1-13(15-8-4-3-5-9-15)17(2)12-14-7-6-10-16-11-14;/h13-16H,3-12H2,1-2H3;1H/t13-,14?;/m0./s1. The molecule has 2 rings (SSSR count). The zero-order chi connectivity index (χ0) is 12.1. The Hall–Kier alpha value is 0.210. The van der Waals surface area contributed by atoms with Gasteiger partial charge in [0.05, 0.1) is 0 Å². The van der Waals surface area contributed by atoms with E-state index in [2.05, 4.69) is 24.2 Å². The summed E-state index contributed by atoms with van der Waals surface area (Å²) in [6, 6.07) is 0.789. The Morgan fingerprint density at radius 2 is 1.83 bits per heavy atom. The Labute approximate surface area is 119 Å². The maximum Gasteiger partial charge on any atom is 0.00922 e. The number of piperidine rings is 1. The molecule has 1 saturated carbocycles. The molecule has 1 N–H and O–H groups in total. The zero-order valence-electron chi connectivity index (χ0n) is 12.2. The highest BCUT2D eigenvalue weighted by Gasteiger charge is 2.25. The van der Waals surface area contributed by atoms with Crippen molar-refractivity contribution in [3.63, 3.8) is 0 Å². The van der Waals surface area contributed by atoms with Crippen molar-refractivity contribution in [2.75, 3.05) is 26.7 Å². The summed E-state index contributed by atoms with van der Waals surface area (Å²) in [7, 11) is 2.34. The van der Waals surface area contributed by atoms with Crippen LogP contribution >= 0.6 is 12.4 Å². The number of nitrogens with one attached hydrogen (secondary N) is 1. The van der Waals surface area contributed by atoms with Gasteiger partial charge in [0, 0.05) is 12.6 Å². The first-order chi connectivity index (χ1) is 8.27. The van der Waals surface area contributed by atoms with Crippen molar-refractivity contribution in [3.8, 4) is 0 Å². The molecule has 1 aliphatic carbocycles. The van der Waals surface area contributed by atoms with Crippen molar-refractivity contribution in [1.29, 1.82) is 0 Å². The smallest absolute Gasteiger partial charge is 0.00922 e. The zero-order valence-corrected chi connectivity index (χ0v) is 13.0. The topological polar surface area (TPSA) is 15.3 Å². The summed E-state index contributed by atoms with van der Waals surface area (Å²) in [6.07, 6.45) is 10.1. The molecule has 3 heteroatoms. The van der Waals surface area contributed by atoms with Gasteiger partial charge in [-0.2, -0.15) is 0 Å². The van der Waals surface area contributed by atoms with Crippen molar-refractivity contribution in [1.82, 2.24) is 10.2 Å². The van der Waals surface area contributed by atoms with Gasteiger partial charge in [0.15, 0.2) is 0 Å². The number of halogens is 1. The molecule has 18 heavy (non-hydrogen) atoms. The van der Waals surface area contributed by atoms with Crippen molar-refractivity contribution >= 4 is 12.4 Å². The van der Waals surface area contributed by atoms with E-state index in [9.17, 15) is 0 Å². The Morgan fingerprint density at radius 1 is 1.11 bits per heavy atom. The lowest BCUT2D eigenvalue weighted by Gasteiger charge is -2.37. The Balaban J connectivity index is 0.00000162. The first kappa shape index (κ1) is 16.3. The lowest BCUT2D eigenvalue weighted by atomic mass is 9.83. The van der Waals surface area contributed by atoms with Crippen molar-refractivity contribution in [3.05, 3.63) is 0 Å². The summed E-state index contributed by atoms with van der Waals surface area (Å²) in [4.78, 5) is 2.63. The largest absolute Gasteiger partial charge is 0.316 e. The molecule has 1 aliphatic heterocycles. The van der Waals surface area contributed by atoms with Gasteiger partial charge in [-0.25, -0.2) is 0 Å². The van der Waals surface area contributed by atoms with Crippen molar-refractivity contribution in [2.24, 2.45) is 11.8 Å². The molecule has 2 atom stereocenters. The Morgan fingerprint density at radius 3 is 2.44 bits per heavy atom. The highest BCUT2D eigenvalue weighted by atomic mass is 35.5. The van der Waals surface area contributed by atoms with E-state index in [0.717, 1.165) is 17.9 Å².